The number of amides is 1. The van der Waals surface area contributed by atoms with E-state index in [1.165, 1.54) is 11.6 Å². The highest BCUT2D eigenvalue weighted by Gasteiger charge is 2.24. The van der Waals surface area contributed by atoms with Crippen molar-refractivity contribution >= 4 is 27.5 Å². The fourth-order valence-electron chi connectivity index (χ4n) is 2.95. The van der Waals surface area contributed by atoms with E-state index in [4.69, 9.17) is 0 Å². The molecule has 1 amide bonds. The molecule has 27 heavy (non-hydrogen) atoms. The number of carbonyl (C=O) groups is 1. The van der Waals surface area contributed by atoms with E-state index < -0.39 is 10.0 Å². The van der Waals surface area contributed by atoms with E-state index in [-0.39, 0.29) is 29.7 Å². The lowest BCUT2D eigenvalue weighted by Crippen LogP contribution is -2.33. The Kier molecular flexibility index (Phi) is 5.91. The number of nitrogens with zero attached hydrogens (tertiary/aromatic N) is 1. The summed E-state index contributed by atoms with van der Waals surface area (Å²) in [6.07, 6.45) is 2.16. The van der Waals surface area contributed by atoms with Gasteiger partial charge in [-0.05, 0) is 37.5 Å². The van der Waals surface area contributed by atoms with Crippen LogP contribution in [0.15, 0.2) is 63.9 Å². The van der Waals surface area contributed by atoms with Gasteiger partial charge in [0.1, 0.15) is 10.7 Å². The zero-order valence-electron chi connectivity index (χ0n) is 15.2. The van der Waals surface area contributed by atoms with Crippen LogP contribution in [-0.2, 0) is 21.2 Å². The number of anilines is 1. The van der Waals surface area contributed by atoms with Crippen molar-refractivity contribution in [2.75, 3.05) is 5.32 Å². The van der Waals surface area contributed by atoms with Crippen LogP contribution in [-0.4, -0.2) is 26.2 Å². The van der Waals surface area contributed by atoms with E-state index in [9.17, 15) is 13.2 Å². The van der Waals surface area contributed by atoms with Crippen molar-refractivity contribution in [1.29, 1.82) is 0 Å². The molecule has 0 aliphatic carbocycles. The highest BCUT2D eigenvalue weighted by Crippen LogP contribution is 2.27. The van der Waals surface area contributed by atoms with Gasteiger partial charge in [0.2, 0.25) is 5.91 Å². The second-order valence-corrected chi connectivity index (χ2v) is 8.20. The number of aryl methyl sites for hydroxylation is 1. The number of hydrogen-bond acceptors (Lipinski definition) is 4. The van der Waals surface area contributed by atoms with Crippen molar-refractivity contribution in [2.24, 2.45) is 4.40 Å². The molecule has 1 unspecified atom stereocenters. The molecule has 0 bridgehead atoms. The lowest BCUT2D eigenvalue weighted by atomic mass is 10.1. The predicted molar refractivity (Wildman–Crippen MR) is 106 cm³/mol. The zero-order valence-corrected chi connectivity index (χ0v) is 16.0. The highest BCUT2D eigenvalue weighted by atomic mass is 32.2. The van der Waals surface area contributed by atoms with Gasteiger partial charge in [0.15, 0.2) is 0 Å². The Morgan fingerprint density at radius 2 is 1.78 bits per heavy atom. The van der Waals surface area contributed by atoms with Gasteiger partial charge < -0.3 is 10.6 Å². The van der Waals surface area contributed by atoms with Gasteiger partial charge in [0, 0.05) is 18.9 Å². The Balaban J connectivity index is 1.49. The molecule has 142 valence electrons. The van der Waals surface area contributed by atoms with Crippen LogP contribution in [0, 0.1) is 0 Å². The molecule has 2 aromatic carbocycles. The standard InChI is InChI=1S/C20H23N3O3S/c1-15(11-12-16-7-3-2-4-8-16)21-20(24)14-13-19-22-17-9-5-6-10-18(17)27(25,26)23-19/h2-10,15H,11-14H2,1H3,(H,21,24)(H,22,23). The van der Waals surface area contributed by atoms with Crippen LogP contribution in [0.2, 0.25) is 0 Å². The summed E-state index contributed by atoms with van der Waals surface area (Å²) < 4.78 is 28.2. The first-order valence-electron chi connectivity index (χ1n) is 8.97. The van der Waals surface area contributed by atoms with E-state index in [1.807, 2.05) is 25.1 Å². The molecule has 0 spiro atoms. The Labute approximate surface area is 159 Å². The molecule has 1 aliphatic rings. The Morgan fingerprint density at radius 1 is 1.07 bits per heavy atom. The summed E-state index contributed by atoms with van der Waals surface area (Å²) in [6.45, 7) is 1.97. The molecule has 0 saturated heterocycles. The number of carbonyl (C=O) groups excluding carboxylic acids is 1. The van der Waals surface area contributed by atoms with E-state index in [0.29, 0.717) is 11.5 Å². The largest absolute Gasteiger partial charge is 0.354 e. The Hall–Kier alpha value is -2.67. The van der Waals surface area contributed by atoms with Gasteiger partial charge in [-0.3, -0.25) is 4.79 Å². The lowest BCUT2D eigenvalue weighted by Gasteiger charge is -2.18. The monoisotopic (exact) mass is 385 g/mol. The van der Waals surface area contributed by atoms with Crippen molar-refractivity contribution in [3.05, 3.63) is 60.2 Å². The number of amidine groups is 1. The van der Waals surface area contributed by atoms with Crippen LogP contribution in [0.25, 0.3) is 0 Å². The number of nitrogens with one attached hydrogen (secondary N) is 2. The maximum Gasteiger partial charge on any atom is 0.286 e. The number of para-hydroxylation sites is 1. The summed E-state index contributed by atoms with van der Waals surface area (Å²) in [5, 5.41) is 5.96. The van der Waals surface area contributed by atoms with Crippen LogP contribution < -0.4 is 10.6 Å². The molecule has 0 fully saturated rings. The summed E-state index contributed by atoms with van der Waals surface area (Å²) in [7, 11) is -3.71. The van der Waals surface area contributed by atoms with Gasteiger partial charge in [0.05, 0.1) is 5.69 Å². The fourth-order valence-corrected chi connectivity index (χ4v) is 4.13. The number of hydrogen-bond donors (Lipinski definition) is 2. The van der Waals surface area contributed by atoms with E-state index in [0.717, 1.165) is 12.8 Å². The number of benzene rings is 2. The van der Waals surface area contributed by atoms with Gasteiger partial charge in [-0.1, -0.05) is 42.5 Å². The number of sulfonamides is 1. The maximum atomic E-state index is 12.2. The average Bonchev–Trinajstić information content (AvgIpc) is 2.65. The lowest BCUT2D eigenvalue weighted by molar-refractivity contribution is -0.121. The molecule has 1 heterocycles. The Morgan fingerprint density at radius 3 is 2.56 bits per heavy atom. The number of rotatable bonds is 7. The normalized spacial score (nSPS) is 15.8. The average molecular weight is 385 g/mol. The van der Waals surface area contributed by atoms with E-state index >= 15 is 0 Å². The molecule has 0 saturated carbocycles. The maximum absolute atomic E-state index is 12.2. The molecule has 2 aromatic rings. The van der Waals surface area contributed by atoms with Crippen molar-refractivity contribution in [1.82, 2.24) is 5.32 Å². The highest BCUT2D eigenvalue weighted by molar-refractivity contribution is 7.90. The molecule has 2 N–H and O–H groups in total. The molecule has 7 heteroatoms. The minimum Gasteiger partial charge on any atom is -0.354 e. The van der Waals surface area contributed by atoms with Gasteiger partial charge in [0.25, 0.3) is 10.0 Å². The molecule has 1 atom stereocenters. The van der Waals surface area contributed by atoms with Crippen LogP contribution >= 0.6 is 0 Å². The van der Waals surface area contributed by atoms with E-state index in [2.05, 4.69) is 27.2 Å². The van der Waals surface area contributed by atoms with Crippen molar-refractivity contribution in [2.45, 2.75) is 43.5 Å². The zero-order chi connectivity index (χ0) is 19.3. The first kappa shape index (κ1) is 19.1. The molecular formula is C20H23N3O3S. The summed E-state index contributed by atoms with van der Waals surface area (Å²) in [6, 6.07) is 16.8. The summed E-state index contributed by atoms with van der Waals surface area (Å²) in [4.78, 5) is 12.3. The van der Waals surface area contributed by atoms with Crippen LogP contribution in [0.4, 0.5) is 5.69 Å². The molecule has 3 rings (SSSR count). The van der Waals surface area contributed by atoms with Crippen LogP contribution in [0.1, 0.15) is 31.7 Å². The van der Waals surface area contributed by atoms with Crippen molar-refractivity contribution in [3.8, 4) is 0 Å². The predicted octanol–water partition coefficient (Wildman–Crippen LogP) is 3.12. The first-order valence-corrected chi connectivity index (χ1v) is 10.4. The SMILES string of the molecule is CC(CCc1ccccc1)NC(=O)CCC1=NS(=O)(=O)c2ccccc2N1. The number of fused-ring (bicyclic) bond motifs is 1. The van der Waals surface area contributed by atoms with Gasteiger partial charge in [-0.15, -0.1) is 4.40 Å². The summed E-state index contributed by atoms with van der Waals surface area (Å²) in [5.41, 5.74) is 1.74. The quantitative estimate of drug-likeness (QED) is 0.767. The minimum absolute atomic E-state index is 0.0448. The van der Waals surface area contributed by atoms with Gasteiger partial charge >= 0.3 is 0 Å². The molecular weight excluding hydrogens is 362 g/mol. The Bertz CT molecular complexity index is 940. The third-order valence-electron chi connectivity index (χ3n) is 4.38. The summed E-state index contributed by atoms with van der Waals surface area (Å²) in [5.74, 6) is 0.178. The van der Waals surface area contributed by atoms with Crippen molar-refractivity contribution < 1.29 is 13.2 Å². The second kappa shape index (κ2) is 8.35. The van der Waals surface area contributed by atoms with Crippen molar-refractivity contribution in [3.63, 3.8) is 0 Å². The third-order valence-corrected chi connectivity index (χ3v) is 5.75. The topological polar surface area (TPSA) is 87.6 Å². The van der Waals surface area contributed by atoms with E-state index in [1.54, 1.807) is 18.2 Å². The van der Waals surface area contributed by atoms with Crippen LogP contribution in [0.5, 0.6) is 0 Å². The van der Waals surface area contributed by atoms with Gasteiger partial charge in [-0.2, -0.15) is 8.42 Å². The van der Waals surface area contributed by atoms with Gasteiger partial charge in [-0.25, -0.2) is 0 Å². The second-order valence-electron chi connectivity index (χ2n) is 6.63. The van der Waals surface area contributed by atoms with Crippen LogP contribution in [0.3, 0.4) is 0 Å². The molecule has 6 nitrogen and oxygen atoms in total. The first-order chi connectivity index (χ1) is 12.9. The summed E-state index contributed by atoms with van der Waals surface area (Å²) >= 11 is 0. The smallest absolute Gasteiger partial charge is 0.286 e. The fraction of sp³-hybridized carbons (Fsp3) is 0.300. The molecule has 1 aliphatic heterocycles. The third kappa shape index (κ3) is 5.17. The minimum atomic E-state index is -3.71. The molecule has 0 radical (unpaired) electrons. The molecule has 0 aromatic heterocycles.